The first-order valence-electron chi connectivity index (χ1n) is 6.55. The fourth-order valence-corrected chi connectivity index (χ4v) is 1.84. The van der Waals surface area contributed by atoms with E-state index >= 15 is 0 Å². The minimum Gasteiger partial charge on any atom is -0.391 e. The largest absolute Gasteiger partial charge is 0.391 e. The van der Waals surface area contributed by atoms with Crippen molar-refractivity contribution in [2.24, 2.45) is 5.16 Å². The molecule has 0 aliphatic heterocycles. The molecule has 0 aliphatic rings. The van der Waals surface area contributed by atoms with Crippen LogP contribution in [0.15, 0.2) is 53.7 Å². The average molecular weight is 264 g/mol. The van der Waals surface area contributed by atoms with Crippen molar-refractivity contribution in [3.8, 4) is 6.07 Å². The quantitative estimate of drug-likeness (QED) is 0.611. The predicted octanol–water partition coefficient (Wildman–Crippen LogP) is 3.67. The maximum Gasteiger partial charge on any atom is 0.142 e. The van der Waals surface area contributed by atoms with Crippen molar-refractivity contribution < 1.29 is 4.84 Å². The number of nitriles is 1. The van der Waals surface area contributed by atoms with E-state index < -0.39 is 0 Å². The zero-order valence-electron chi connectivity index (χ0n) is 11.4. The van der Waals surface area contributed by atoms with Gasteiger partial charge in [0.05, 0.1) is 17.8 Å². The van der Waals surface area contributed by atoms with E-state index in [1.54, 1.807) is 18.3 Å². The van der Waals surface area contributed by atoms with E-state index in [4.69, 9.17) is 10.1 Å². The Labute approximate surface area is 119 Å². The second kappa shape index (κ2) is 7.10. The summed E-state index contributed by atoms with van der Waals surface area (Å²) in [4.78, 5) is 5.28. The van der Waals surface area contributed by atoms with E-state index in [1.165, 1.54) is 5.56 Å². The molecule has 0 aromatic heterocycles. The molecule has 2 aromatic rings. The molecule has 0 fully saturated rings. The van der Waals surface area contributed by atoms with E-state index in [-0.39, 0.29) is 0 Å². The molecule has 100 valence electrons. The molecular weight excluding hydrogens is 248 g/mol. The topological polar surface area (TPSA) is 45.4 Å². The van der Waals surface area contributed by atoms with Gasteiger partial charge in [-0.2, -0.15) is 5.26 Å². The maximum absolute atomic E-state index is 8.81. The van der Waals surface area contributed by atoms with Crippen LogP contribution in [-0.2, 0) is 17.9 Å². The van der Waals surface area contributed by atoms with E-state index in [2.05, 4.69) is 30.3 Å². The zero-order chi connectivity index (χ0) is 14.2. The van der Waals surface area contributed by atoms with Crippen LogP contribution in [0.2, 0.25) is 0 Å². The Morgan fingerprint density at radius 1 is 1.15 bits per heavy atom. The number of oxime groups is 1. The summed E-state index contributed by atoms with van der Waals surface area (Å²) >= 11 is 0. The van der Waals surface area contributed by atoms with E-state index in [0.29, 0.717) is 12.2 Å². The van der Waals surface area contributed by atoms with Gasteiger partial charge in [-0.1, -0.05) is 48.5 Å². The highest BCUT2D eigenvalue weighted by Crippen LogP contribution is 2.07. The standard InChI is InChI=1S/C17H16N2O/c1-2-14-5-3-8-17(9-14)13-20-19-12-16-7-4-6-15(10-16)11-18/h3-10,12H,2,13H2,1H3. The van der Waals surface area contributed by atoms with Crippen molar-refractivity contribution in [2.45, 2.75) is 20.0 Å². The van der Waals surface area contributed by atoms with E-state index in [9.17, 15) is 0 Å². The Bertz CT molecular complexity index is 641. The van der Waals surface area contributed by atoms with Crippen LogP contribution < -0.4 is 0 Å². The molecule has 0 atom stereocenters. The van der Waals surface area contributed by atoms with Crippen LogP contribution in [0.5, 0.6) is 0 Å². The summed E-state index contributed by atoms with van der Waals surface area (Å²) in [5.74, 6) is 0. The van der Waals surface area contributed by atoms with Gasteiger partial charge >= 0.3 is 0 Å². The lowest BCUT2D eigenvalue weighted by Crippen LogP contribution is -1.90. The Balaban J connectivity index is 1.91. The SMILES string of the molecule is CCc1cccc(CON=Cc2cccc(C#N)c2)c1. The molecule has 0 spiro atoms. The highest BCUT2D eigenvalue weighted by molar-refractivity contribution is 5.79. The number of aryl methyl sites for hydroxylation is 1. The van der Waals surface area contributed by atoms with Crippen molar-refractivity contribution in [3.63, 3.8) is 0 Å². The van der Waals surface area contributed by atoms with Gasteiger partial charge in [0.2, 0.25) is 0 Å². The van der Waals surface area contributed by atoms with Crippen molar-refractivity contribution in [3.05, 3.63) is 70.8 Å². The third-order valence-corrected chi connectivity index (χ3v) is 2.92. The van der Waals surface area contributed by atoms with Crippen molar-refractivity contribution in [1.82, 2.24) is 0 Å². The summed E-state index contributed by atoms with van der Waals surface area (Å²) in [6.07, 6.45) is 2.63. The van der Waals surface area contributed by atoms with Crippen molar-refractivity contribution in [2.75, 3.05) is 0 Å². The van der Waals surface area contributed by atoms with Gasteiger partial charge in [0.15, 0.2) is 0 Å². The second-order valence-electron chi connectivity index (χ2n) is 4.42. The molecule has 0 radical (unpaired) electrons. The molecule has 2 rings (SSSR count). The summed E-state index contributed by atoms with van der Waals surface area (Å²) in [5, 5.41) is 12.7. The predicted molar refractivity (Wildman–Crippen MR) is 79.4 cm³/mol. The first kappa shape index (κ1) is 13.8. The molecule has 0 amide bonds. The molecule has 3 nitrogen and oxygen atoms in total. The molecule has 0 heterocycles. The fraction of sp³-hybridized carbons (Fsp3) is 0.176. The molecule has 0 bridgehead atoms. The lowest BCUT2D eigenvalue weighted by Gasteiger charge is -2.02. The number of hydrogen-bond acceptors (Lipinski definition) is 3. The minimum absolute atomic E-state index is 0.447. The summed E-state index contributed by atoms with van der Waals surface area (Å²) in [7, 11) is 0. The number of nitrogens with zero attached hydrogens (tertiary/aromatic N) is 2. The Morgan fingerprint density at radius 3 is 2.75 bits per heavy atom. The van der Waals surface area contributed by atoms with Gasteiger partial charge in [0, 0.05) is 0 Å². The Kier molecular flexibility index (Phi) is 4.91. The smallest absolute Gasteiger partial charge is 0.142 e. The third kappa shape index (κ3) is 3.96. The van der Waals surface area contributed by atoms with Gasteiger partial charge in [-0.05, 0) is 35.2 Å². The van der Waals surface area contributed by atoms with Gasteiger partial charge in [-0.25, -0.2) is 0 Å². The van der Waals surface area contributed by atoms with Gasteiger partial charge in [0.25, 0.3) is 0 Å². The molecule has 2 aromatic carbocycles. The maximum atomic E-state index is 8.81. The van der Waals surface area contributed by atoms with Gasteiger partial charge in [-0.15, -0.1) is 0 Å². The summed E-state index contributed by atoms with van der Waals surface area (Å²) < 4.78 is 0. The third-order valence-electron chi connectivity index (χ3n) is 2.92. The lowest BCUT2D eigenvalue weighted by atomic mass is 10.1. The van der Waals surface area contributed by atoms with Crippen LogP contribution in [0.25, 0.3) is 0 Å². The minimum atomic E-state index is 0.447. The molecule has 0 saturated heterocycles. The first-order chi connectivity index (χ1) is 9.81. The van der Waals surface area contributed by atoms with Crippen LogP contribution in [0, 0.1) is 11.3 Å². The van der Waals surface area contributed by atoms with Crippen LogP contribution in [0.3, 0.4) is 0 Å². The van der Waals surface area contributed by atoms with Crippen LogP contribution in [-0.4, -0.2) is 6.21 Å². The van der Waals surface area contributed by atoms with Crippen molar-refractivity contribution >= 4 is 6.21 Å². The van der Waals surface area contributed by atoms with Crippen LogP contribution >= 0.6 is 0 Å². The van der Waals surface area contributed by atoms with Gasteiger partial charge < -0.3 is 4.84 Å². The Hall–Kier alpha value is -2.60. The van der Waals surface area contributed by atoms with E-state index in [1.807, 2.05) is 24.3 Å². The monoisotopic (exact) mass is 264 g/mol. The van der Waals surface area contributed by atoms with Crippen LogP contribution in [0.4, 0.5) is 0 Å². The summed E-state index contributed by atoms with van der Waals surface area (Å²) in [6, 6.07) is 17.6. The zero-order valence-corrected chi connectivity index (χ0v) is 11.4. The molecule has 0 saturated carbocycles. The number of hydrogen-bond donors (Lipinski definition) is 0. The lowest BCUT2D eigenvalue weighted by molar-refractivity contribution is 0.132. The molecule has 20 heavy (non-hydrogen) atoms. The first-order valence-corrected chi connectivity index (χ1v) is 6.55. The van der Waals surface area contributed by atoms with Crippen LogP contribution in [0.1, 0.15) is 29.2 Å². The average Bonchev–Trinajstić information content (AvgIpc) is 2.52. The highest BCUT2D eigenvalue weighted by atomic mass is 16.6. The van der Waals surface area contributed by atoms with Gasteiger partial charge in [-0.3, -0.25) is 0 Å². The molecule has 3 heteroatoms. The Morgan fingerprint density at radius 2 is 1.95 bits per heavy atom. The molecule has 0 unspecified atom stereocenters. The summed E-state index contributed by atoms with van der Waals surface area (Å²) in [6.45, 7) is 2.57. The highest BCUT2D eigenvalue weighted by Gasteiger charge is 1.95. The summed E-state index contributed by atoms with van der Waals surface area (Å²) in [5.41, 5.74) is 3.86. The molecule has 0 aliphatic carbocycles. The van der Waals surface area contributed by atoms with E-state index in [0.717, 1.165) is 17.5 Å². The fourth-order valence-electron chi connectivity index (χ4n) is 1.84. The second-order valence-corrected chi connectivity index (χ2v) is 4.42. The van der Waals surface area contributed by atoms with Gasteiger partial charge in [0.1, 0.15) is 6.61 Å². The van der Waals surface area contributed by atoms with Crippen molar-refractivity contribution in [1.29, 1.82) is 5.26 Å². The number of rotatable bonds is 5. The normalized spacial score (nSPS) is 10.4. The number of benzene rings is 2. The molecular formula is C17H16N2O. The molecule has 0 N–H and O–H groups in total.